The molecule has 0 aromatic heterocycles. The number of hydrogen-bond donors (Lipinski definition) is 1. The molecule has 1 unspecified atom stereocenters. The molecule has 1 aromatic rings. The minimum absolute atomic E-state index is 0.0754. The minimum Gasteiger partial charge on any atom is -0.508 e. The molecule has 0 saturated carbocycles. The van der Waals surface area contributed by atoms with E-state index >= 15 is 0 Å². The van der Waals surface area contributed by atoms with Gasteiger partial charge < -0.3 is 19.3 Å². The first-order valence-corrected chi connectivity index (χ1v) is 13.5. The van der Waals surface area contributed by atoms with Crippen molar-refractivity contribution >= 4 is 11.5 Å². The second-order valence-electron chi connectivity index (χ2n) is 11.3. The van der Waals surface area contributed by atoms with Gasteiger partial charge in [0.2, 0.25) is 0 Å². The zero-order valence-corrected chi connectivity index (χ0v) is 22.7. The van der Waals surface area contributed by atoms with Crippen LogP contribution in [0.5, 0.6) is 5.75 Å². The maximum absolute atomic E-state index is 13.6. The predicted molar refractivity (Wildman–Crippen MR) is 143 cm³/mol. The number of allylic oxidation sites excluding steroid dienone is 5. The zero-order valence-electron chi connectivity index (χ0n) is 22.7. The monoisotopic (exact) mass is 494 g/mol. The molecule has 4 rings (SSSR count). The van der Waals surface area contributed by atoms with Crippen LogP contribution in [0.15, 0.2) is 42.0 Å². The van der Waals surface area contributed by atoms with Crippen LogP contribution in [0.2, 0.25) is 0 Å². The van der Waals surface area contributed by atoms with Gasteiger partial charge in [0.05, 0.1) is 17.8 Å². The Morgan fingerprint density at radius 2 is 1.81 bits per heavy atom. The lowest BCUT2D eigenvalue weighted by molar-refractivity contribution is -0.331. The summed E-state index contributed by atoms with van der Waals surface area (Å²) in [7, 11) is 0. The Hall–Kier alpha value is -2.37. The summed E-state index contributed by atoms with van der Waals surface area (Å²) >= 11 is 0. The summed E-state index contributed by atoms with van der Waals surface area (Å²) in [4.78, 5) is 13.6. The molecule has 1 aromatic carbocycles. The Kier molecular flexibility index (Phi) is 8.11. The van der Waals surface area contributed by atoms with E-state index in [0.717, 1.165) is 31.3 Å². The fourth-order valence-electron chi connectivity index (χ4n) is 5.67. The van der Waals surface area contributed by atoms with E-state index in [1.165, 1.54) is 5.57 Å². The van der Waals surface area contributed by atoms with Crippen molar-refractivity contribution in [3.63, 3.8) is 0 Å². The highest BCUT2D eigenvalue weighted by Gasteiger charge is 2.47. The third-order valence-corrected chi connectivity index (χ3v) is 8.04. The molecule has 2 saturated heterocycles. The molecular formula is C31H42O5. The van der Waals surface area contributed by atoms with Gasteiger partial charge in [0.1, 0.15) is 11.9 Å². The molecular weight excluding hydrogens is 452 g/mol. The van der Waals surface area contributed by atoms with E-state index in [2.05, 4.69) is 39.8 Å². The lowest BCUT2D eigenvalue weighted by atomic mass is 9.86. The number of carbonyl (C=O) groups is 1. The summed E-state index contributed by atoms with van der Waals surface area (Å²) in [5.41, 5.74) is 4.05. The number of hydrogen-bond acceptors (Lipinski definition) is 5. The summed E-state index contributed by atoms with van der Waals surface area (Å²) < 4.78 is 19.3. The lowest BCUT2D eigenvalue weighted by Gasteiger charge is -2.49. The molecule has 0 aliphatic carbocycles. The normalized spacial score (nSPS) is 33.9. The van der Waals surface area contributed by atoms with Gasteiger partial charge in [-0.1, -0.05) is 43.7 Å². The van der Waals surface area contributed by atoms with Crippen LogP contribution in [-0.4, -0.2) is 35.2 Å². The fourth-order valence-corrected chi connectivity index (χ4v) is 5.67. The summed E-state index contributed by atoms with van der Waals surface area (Å²) in [6.45, 7) is 12.5. The molecule has 196 valence electrons. The van der Waals surface area contributed by atoms with Gasteiger partial charge in [0.15, 0.2) is 5.79 Å². The van der Waals surface area contributed by atoms with Crippen molar-refractivity contribution in [2.75, 3.05) is 0 Å². The molecule has 3 aliphatic rings. The van der Waals surface area contributed by atoms with Gasteiger partial charge in [-0.3, -0.25) is 0 Å². The number of carbonyl (C=O) groups excluding carboxylic acids is 1. The van der Waals surface area contributed by atoms with Gasteiger partial charge in [-0.2, -0.15) is 0 Å². The Bertz CT molecular complexity index is 1070. The summed E-state index contributed by atoms with van der Waals surface area (Å²) in [5, 5.41) is 10.4. The first-order valence-electron chi connectivity index (χ1n) is 13.5. The maximum atomic E-state index is 13.6. The number of ether oxygens (including phenoxy) is 3. The third-order valence-electron chi connectivity index (χ3n) is 8.04. The second-order valence-corrected chi connectivity index (χ2v) is 11.3. The number of fused-ring (bicyclic) bond motifs is 3. The van der Waals surface area contributed by atoms with Crippen molar-refractivity contribution in [1.82, 2.24) is 0 Å². The van der Waals surface area contributed by atoms with E-state index in [9.17, 15) is 9.90 Å². The Labute approximate surface area is 216 Å². The van der Waals surface area contributed by atoms with Gasteiger partial charge in [0, 0.05) is 19.3 Å². The predicted octanol–water partition coefficient (Wildman–Crippen LogP) is 7.27. The van der Waals surface area contributed by atoms with E-state index in [4.69, 9.17) is 14.2 Å². The molecule has 36 heavy (non-hydrogen) atoms. The standard InChI is InChI=1S/C31H42O5/c1-19-8-7-9-22(4)27-17-29(32)23(5)15-28(27)30(33)34-26-16-25(11-10-20(2)14-19)36-31(18-26)13-12-21(3)24(6)35-31/h7-10,15,17,19,21,24-26,32H,11-14,16,18H2,1-6H3/t19-,21-,24+,25+,26?,31-/m0/s1. The second kappa shape index (κ2) is 10.9. The highest BCUT2D eigenvalue weighted by Crippen LogP contribution is 2.43. The van der Waals surface area contributed by atoms with E-state index < -0.39 is 5.79 Å². The first kappa shape index (κ1) is 26.7. The van der Waals surface area contributed by atoms with Crippen molar-refractivity contribution in [3.05, 3.63) is 58.7 Å². The van der Waals surface area contributed by atoms with Crippen LogP contribution in [-0.2, 0) is 14.2 Å². The van der Waals surface area contributed by atoms with Gasteiger partial charge in [-0.25, -0.2) is 4.79 Å². The minimum atomic E-state index is -0.716. The molecule has 2 fully saturated rings. The summed E-state index contributed by atoms with van der Waals surface area (Å²) in [6, 6.07) is 3.41. The number of phenols is 1. The highest BCUT2D eigenvalue weighted by atomic mass is 16.7. The molecule has 3 heterocycles. The maximum Gasteiger partial charge on any atom is 0.339 e. The number of aryl methyl sites for hydroxylation is 1. The third kappa shape index (κ3) is 6.12. The number of aromatic hydroxyl groups is 1. The van der Waals surface area contributed by atoms with Crippen molar-refractivity contribution in [2.24, 2.45) is 11.8 Å². The van der Waals surface area contributed by atoms with Crippen molar-refractivity contribution in [2.45, 2.75) is 104 Å². The van der Waals surface area contributed by atoms with Crippen LogP contribution in [0.4, 0.5) is 0 Å². The zero-order chi connectivity index (χ0) is 26.0. The fraction of sp³-hybridized carbons (Fsp3) is 0.581. The molecule has 0 radical (unpaired) electrons. The SMILES string of the molecule is CC1=CC[C@@H]2CC(C[C@]3(CC[C@H](C)[C@@H](C)O3)O2)OC(=O)c2cc(C)c(O)cc2C(C)=CC=C[C@H](C)C1. The largest absolute Gasteiger partial charge is 0.508 e. The average Bonchev–Trinajstić information content (AvgIpc) is 2.81. The van der Waals surface area contributed by atoms with Crippen LogP contribution >= 0.6 is 0 Å². The van der Waals surface area contributed by atoms with E-state index in [1.807, 2.05) is 19.1 Å². The van der Waals surface area contributed by atoms with Crippen molar-refractivity contribution in [3.8, 4) is 5.75 Å². The molecule has 5 nitrogen and oxygen atoms in total. The van der Waals surface area contributed by atoms with Crippen molar-refractivity contribution < 1.29 is 24.1 Å². The smallest absolute Gasteiger partial charge is 0.339 e. The van der Waals surface area contributed by atoms with Crippen LogP contribution in [0.3, 0.4) is 0 Å². The molecule has 6 atom stereocenters. The number of benzene rings is 1. The molecule has 3 aliphatic heterocycles. The summed E-state index contributed by atoms with van der Waals surface area (Å²) in [5.74, 6) is -0.0581. The molecule has 5 heteroatoms. The molecule has 2 bridgehead atoms. The van der Waals surface area contributed by atoms with Crippen LogP contribution in [0.1, 0.15) is 94.6 Å². The Morgan fingerprint density at radius 1 is 1.03 bits per heavy atom. The summed E-state index contributed by atoms with van der Waals surface area (Å²) in [6.07, 6.45) is 13.0. The number of rotatable bonds is 0. The van der Waals surface area contributed by atoms with Gasteiger partial charge >= 0.3 is 5.97 Å². The van der Waals surface area contributed by atoms with E-state index in [1.54, 1.807) is 19.1 Å². The van der Waals surface area contributed by atoms with E-state index in [0.29, 0.717) is 41.4 Å². The topological polar surface area (TPSA) is 65.0 Å². The molecule has 0 amide bonds. The molecule has 1 spiro atoms. The Balaban J connectivity index is 1.72. The van der Waals surface area contributed by atoms with Gasteiger partial charge in [-0.15, -0.1) is 0 Å². The average molecular weight is 495 g/mol. The highest BCUT2D eigenvalue weighted by molar-refractivity contribution is 5.96. The first-order chi connectivity index (χ1) is 17.0. The lowest BCUT2D eigenvalue weighted by Crippen LogP contribution is -2.53. The van der Waals surface area contributed by atoms with Crippen LogP contribution in [0, 0.1) is 18.8 Å². The van der Waals surface area contributed by atoms with Crippen LogP contribution in [0.25, 0.3) is 5.57 Å². The van der Waals surface area contributed by atoms with Crippen molar-refractivity contribution in [1.29, 1.82) is 0 Å². The van der Waals surface area contributed by atoms with Gasteiger partial charge in [0.25, 0.3) is 0 Å². The molecule has 1 N–H and O–H groups in total. The van der Waals surface area contributed by atoms with E-state index in [-0.39, 0.29) is 30.0 Å². The van der Waals surface area contributed by atoms with Crippen LogP contribution < -0.4 is 0 Å². The number of phenolic OH excluding ortho intramolecular Hbond substituents is 1. The quantitative estimate of drug-likeness (QED) is 0.303. The van der Waals surface area contributed by atoms with Gasteiger partial charge in [-0.05, 0) is 87.6 Å². The number of esters is 1. The Morgan fingerprint density at radius 3 is 2.56 bits per heavy atom.